The van der Waals surface area contributed by atoms with Gasteiger partial charge in [-0.05, 0) is 54.8 Å². The molecule has 4 aromatic rings. The molecule has 2 heterocycles. The first-order valence-corrected chi connectivity index (χ1v) is 12.5. The Balaban J connectivity index is 1.66. The normalized spacial score (nSPS) is 11.9. The van der Waals surface area contributed by atoms with Crippen LogP contribution in [0.1, 0.15) is 47.3 Å². The van der Waals surface area contributed by atoms with Gasteiger partial charge in [-0.2, -0.15) is 4.91 Å². The number of H-pyrrole nitrogens is 2. The van der Waals surface area contributed by atoms with Crippen LogP contribution in [-0.4, -0.2) is 45.9 Å². The van der Waals surface area contributed by atoms with E-state index in [9.17, 15) is 14.5 Å². The third-order valence-electron chi connectivity index (χ3n) is 6.26. The van der Waals surface area contributed by atoms with E-state index in [2.05, 4.69) is 32.4 Å². The van der Waals surface area contributed by atoms with Gasteiger partial charge < -0.3 is 20.2 Å². The molecule has 2 aromatic heterocycles. The number of hydrogen-bond acceptors (Lipinski definition) is 6. The lowest BCUT2D eigenvalue weighted by Gasteiger charge is -2.17. The molecule has 1 unspecified atom stereocenters. The second-order valence-corrected chi connectivity index (χ2v) is 9.44. The van der Waals surface area contributed by atoms with Crippen molar-refractivity contribution in [2.75, 3.05) is 25.5 Å². The second-order valence-electron chi connectivity index (χ2n) is 9.01. The third kappa shape index (κ3) is 5.72. The molecule has 0 spiro atoms. The van der Waals surface area contributed by atoms with E-state index in [0.717, 1.165) is 18.4 Å². The van der Waals surface area contributed by atoms with Crippen LogP contribution in [-0.2, 0) is 0 Å². The number of carbonyl (C=O) groups is 1. The molecule has 1 amide bonds. The Morgan fingerprint density at radius 3 is 2.78 bits per heavy atom. The maximum Gasteiger partial charge on any atom is 0.261 e. The van der Waals surface area contributed by atoms with Gasteiger partial charge in [-0.1, -0.05) is 42.3 Å². The molecular formula is C27H29ClN6O3. The molecule has 0 radical (unpaired) electrons. The number of hydrogen-bond donors (Lipinski definition) is 3. The Kier molecular flexibility index (Phi) is 8.03. The number of unbranched alkanes of at least 4 members (excludes halogenated alkanes) is 1. The summed E-state index contributed by atoms with van der Waals surface area (Å²) in [6.07, 6.45) is 3.46. The first kappa shape index (κ1) is 26.1. The zero-order valence-electron chi connectivity index (χ0n) is 21.0. The van der Waals surface area contributed by atoms with E-state index in [-0.39, 0.29) is 18.0 Å². The van der Waals surface area contributed by atoms with Gasteiger partial charge in [-0.3, -0.25) is 9.59 Å². The number of nitrogens with one attached hydrogen (secondary N) is 3. The average Bonchev–Trinajstić information content (AvgIpc) is 3.31. The van der Waals surface area contributed by atoms with Crippen LogP contribution in [0.15, 0.2) is 58.6 Å². The molecule has 0 aliphatic heterocycles. The maximum atomic E-state index is 12.9. The molecule has 0 fully saturated rings. The second kappa shape index (κ2) is 11.4. The number of nitroso groups, excluding NO2 is 1. The van der Waals surface area contributed by atoms with E-state index in [0.29, 0.717) is 50.8 Å². The van der Waals surface area contributed by atoms with E-state index >= 15 is 0 Å². The number of anilines is 1. The molecule has 0 bridgehead atoms. The molecule has 0 aliphatic rings. The minimum atomic E-state index is -0.706. The van der Waals surface area contributed by atoms with Crippen molar-refractivity contribution in [3.63, 3.8) is 0 Å². The summed E-state index contributed by atoms with van der Waals surface area (Å²) in [4.78, 5) is 49.6. The van der Waals surface area contributed by atoms with Crippen molar-refractivity contribution in [2.24, 2.45) is 5.18 Å². The van der Waals surface area contributed by atoms with E-state index in [1.54, 1.807) is 48.3 Å². The Morgan fingerprint density at radius 1 is 1.24 bits per heavy atom. The first-order valence-electron chi connectivity index (χ1n) is 12.1. The predicted octanol–water partition coefficient (Wildman–Crippen LogP) is 5.67. The molecule has 9 nitrogen and oxygen atoms in total. The van der Waals surface area contributed by atoms with Gasteiger partial charge in [0.1, 0.15) is 17.4 Å². The highest BCUT2D eigenvalue weighted by atomic mass is 35.5. The van der Waals surface area contributed by atoms with E-state index in [4.69, 9.17) is 11.6 Å². The van der Waals surface area contributed by atoms with Gasteiger partial charge in [0.05, 0.1) is 16.7 Å². The third-order valence-corrected chi connectivity index (χ3v) is 6.50. The number of pyridine rings is 1. The quantitative estimate of drug-likeness (QED) is 0.232. The molecule has 192 valence electrons. The predicted molar refractivity (Wildman–Crippen MR) is 147 cm³/mol. The van der Waals surface area contributed by atoms with Crippen molar-refractivity contribution in [1.82, 2.24) is 19.9 Å². The van der Waals surface area contributed by atoms with Gasteiger partial charge >= 0.3 is 0 Å². The van der Waals surface area contributed by atoms with Gasteiger partial charge in [0.2, 0.25) is 0 Å². The molecular weight excluding hydrogens is 492 g/mol. The van der Waals surface area contributed by atoms with Crippen molar-refractivity contribution in [2.45, 2.75) is 32.7 Å². The fourth-order valence-corrected chi connectivity index (χ4v) is 4.45. The lowest BCUT2D eigenvalue weighted by Crippen LogP contribution is -2.27. The van der Waals surface area contributed by atoms with Crippen LogP contribution in [0.2, 0.25) is 5.02 Å². The molecule has 0 saturated heterocycles. The summed E-state index contributed by atoms with van der Waals surface area (Å²) in [5.41, 5.74) is 3.80. The molecule has 1 atom stereocenters. The van der Waals surface area contributed by atoms with Crippen LogP contribution in [0.5, 0.6) is 0 Å². The number of rotatable bonds is 10. The summed E-state index contributed by atoms with van der Waals surface area (Å²) in [5, 5.41) is 6.90. The number of nitrogens with zero attached hydrogens (tertiary/aromatic N) is 3. The lowest BCUT2D eigenvalue weighted by atomic mass is 10.1. The highest BCUT2D eigenvalue weighted by molar-refractivity contribution is 6.30. The largest absolute Gasteiger partial charge is 0.382 e. The molecule has 2 aromatic carbocycles. The van der Waals surface area contributed by atoms with Crippen molar-refractivity contribution in [3.05, 3.63) is 85.6 Å². The van der Waals surface area contributed by atoms with Crippen LogP contribution in [0.25, 0.3) is 22.4 Å². The minimum Gasteiger partial charge on any atom is -0.382 e. The van der Waals surface area contributed by atoms with E-state index in [1.165, 1.54) is 6.20 Å². The highest BCUT2D eigenvalue weighted by Crippen LogP contribution is 2.28. The van der Waals surface area contributed by atoms with Gasteiger partial charge in [0.25, 0.3) is 11.5 Å². The lowest BCUT2D eigenvalue weighted by molar-refractivity contribution is 0.0793. The van der Waals surface area contributed by atoms with Crippen LogP contribution >= 0.6 is 11.6 Å². The molecule has 3 N–H and O–H groups in total. The Labute approximate surface area is 219 Å². The average molecular weight is 521 g/mol. The van der Waals surface area contributed by atoms with Crippen LogP contribution in [0.4, 0.5) is 5.69 Å². The van der Waals surface area contributed by atoms with Crippen molar-refractivity contribution in [1.29, 1.82) is 0 Å². The number of aryl methyl sites for hydroxylation is 1. The molecule has 0 aliphatic carbocycles. The Bertz CT molecular complexity index is 1500. The van der Waals surface area contributed by atoms with Crippen molar-refractivity contribution >= 4 is 34.2 Å². The van der Waals surface area contributed by atoms with Gasteiger partial charge in [-0.25, -0.2) is 4.98 Å². The number of carbonyl (C=O) groups excluding carboxylic acids is 1. The summed E-state index contributed by atoms with van der Waals surface area (Å²) in [7, 11) is 1.79. The van der Waals surface area contributed by atoms with Crippen LogP contribution in [0.3, 0.4) is 0 Å². The Hall–Kier alpha value is -3.98. The standard InChI is InChI=1S/C27H29ClN6O3/c1-4-5-11-34(3)27(36)18-12-16(2)24-21(14-18)31-25(32-24)23-20(9-10-29-26(23)35)30-15-22(33-37)17-7-6-8-19(28)13-17/h6-10,12-14,22H,4-5,11,15H2,1-3H3,(H,31,32)(H2,29,30,35). The molecule has 10 heteroatoms. The SMILES string of the molecule is CCCCN(C)C(=O)c1cc(C)c2nc(-c3c(NCC(N=O)c4cccc(Cl)c4)cc[nH]c3=O)[nH]c2c1. The van der Waals surface area contributed by atoms with Crippen LogP contribution in [0, 0.1) is 11.8 Å². The number of benzene rings is 2. The smallest absolute Gasteiger partial charge is 0.261 e. The fraction of sp³-hybridized carbons (Fsp3) is 0.296. The van der Waals surface area contributed by atoms with Crippen LogP contribution < -0.4 is 10.9 Å². The zero-order chi connectivity index (χ0) is 26.5. The Morgan fingerprint density at radius 2 is 2.05 bits per heavy atom. The van der Waals surface area contributed by atoms with E-state index < -0.39 is 6.04 Å². The van der Waals surface area contributed by atoms with Gasteiger partial charge in [-0.15, -0.1) is 0 Å². The summed E-state index contributed by atoms with van der Waals surface area (Å²) < 4.78 is 0. The number of halogens is 1. The van der Waals surface area contributed by atoms with E-state index in [1.807, 2.05) is 13.0 Å². The number of imidazole rings is 1. The maximum absolute atomic E-state index is 12.9. The van der Waals surface area contributed by atoms with Gasteiger partial charge in [0.15, 0.2) is 0 Å². The van der Waals surface area contributed by atoms with Gasteiger partial charge in [0, 0.05) is 36.9 Å². The summed E-state index contributed by atoms with van der Waals surface area (Å²) in [6.45, 7) is 4.81. The fourth-order valence-electron chi connectivity index (χ4n) is 4.25. The zero-order valence-corrected chi connectivity index (χ0v) is 21.7. The summed E-state index contributed by atoms with van der Waals surface area (Å²) in [6, 6.07) is 11.5. The summed E-state index contributed by atoms with van der Waals surface area (Å²) in [5.74, 6) is 0.285. The number of amides is 1. The number of fused-ring (bicyclic) bond motifs is 1. The number of aromatic amines is 2. The van der Waals surface area contributed by atoms with Crippen molar-refractivity contribution in [3.8, 4) is 11.4 Å². The molecule has 4 rings (SSSR count). The minimum absolute atomic E-state index is 0.0667. The topological polar surface area (TPSA) is 123 Å². The van der Waals surface area contributed by atoms with Crippen molar-refractivity contribution < 1.29 is 4.79 Å². The molecule has 37 heavy (non-hydrogen) atoms. The highest BCUT2D eigenvalue weighted by Gasteiger charge is 2.20. The first-order chi connectivity index (χ1) is 17.8. The number of aromatic nitrogens is 3. The molecule has 0 saturated carbocycles. The summed E-state index contributed by atoms with van der Waals surface area (Å²) >= 11 is 6.06. The monoisotopic (exact) mass is 520 g/mol.